The number of hydrogen-bond donors (Lipinski definition) is 2. The quantitative estimate of drug-likeness (QED) is 0.738. The third-order valence-corrected chi connectivity index (χ3v) is 6.10. The van der Waals surface area contributed by atoms with Crippen LogP contribution in [0.15, 0.2) is 23.0 Å². The molecule has 2 N–H and O–H groups in total. The number of nitrogens with one attached hydrogen (secondary N) is 1. The number of Topliss-reactive ketones (excluding diaryl/α,β-unsaturated/α-hetero) is 1. The van der Waals surface area contributed by atoms with E-state index in [1.165, 1.54) is 10.6 Å². The number of carbonyl (C=O) groups excluding carboxylic acids is 2. The highest BCUT2D eigenvalue weighted by Gasteiger charge is 2.33. The van der Waals surface area contributed by atoms with Gasteiger partial charge in [-0.3, -0.25) is 9.59 Å². The molecule has 7 nitrogen and oxygen atoms in total. The number of pyridine rings is 1. The number of fused-ring (bicyclic) bond motifs is 3. The maximum absolute atomic E-state index is 14.5. The van der Waals surface area contributed by atoms with Crippen molar-refractivity contribution in [2.45, 2.75) is 45.4 Å². The van der Waals surface area contributed by atoms with E-state index in [1.807, 2.05) is 0 Å². The van der Waals surface area contributed by atoms with E-state index < -0.39 is 17.9 Å². The maximum Gasteiger partial charge on any atom is 0.340 e. The molecular formula is C22H19FN2O5. The zero-order valence-electron chi connectivity index (χ0n) is 16.3. The summed E-state index contributed by atoms with van der Waals surface area (Å²) in [6.07, 6.45) is 1.96. The smallest absolute Gasteiger partial charge is 0.340 e. The second-order valence-electron chi connectivity index (χ2n) is 7.79. The fraction of sp³-hybridized carbons (Fsp3) is 0.318. The molecule has 0 fully saturated rings. The fourth-order valence-corrected chi connectivity index (χ4v) is 4.48. The van der Waals surface area contributed by atoms with E-state index in [9.17, 15) is 23.9 Å². The molecule has 1 aromatic carbocycles. The lowest BCUT2D eigenvalue weighted by Crippen LogP contribution is -2.33. The van der Waals surface area contributed by atoms with Crippen molar-refractivity contribution >= 4 is 23.1 Å². The highest BCUT2D eigenvalue weighted by molar-refractivity contribution is 6.05. The average molecular weight is 410 g/mol. The highest BCUT2D eigenvalue weighted by atomic mass is 19.1. The Kier molecular flexibility index (Phi) is 4.14. The van der Waals surface area contributed by atoms with Gasteiger partial charge in [0, 0.05) is 24.1 Å². The van der Waals surface area contributed by atoms with Crippen molar-refractivity contribution in [2.24, 2.45) is 0 Å². The van der Waals surface area contributed by atoms with Gasteiger partial charge in [0.1, 0.15) is 12.4 Å². The van der Waals surface area contributed by atoms with Crippen molar-refractivity contribution in [3.63, 3.8) is 0 Å². The molecule has 30 heavy (non-hydrogen) atoms. The summed E-state index contributed by atoms with van der Waals surface area (Å²) in [7, 11) is 0. The lowest BCUT2D eigenvalue weighted by Gasteiger charge is -2.24. The number of cyclic esters (lactones) is 1. The maximum atomic E-state index is 14.5. The van der Waals surface area contributed by atoms with Crippen LogP contribution in [0.2, 0.25) is 0 Å². The van der Waals surface area contributed by atoms with E-state index in [0.29, 0.717) is 53.0 Å². The zero-order valence-corrected chi connectivity index (χ0v) is 16.3. The number of allylic oxidation sites excluding steroid dienone is 1. The number of nitrogens with zero attached hydrogens (tertiary/aromatic N) is 1. The van der Waals surface area contributed by atoms with Gasteiger partial charge < -0.3 is 19.7 Å². The molecule has 2 aliphatic heterocycles. The second-order valence-corrected chi connectivity index (χ2v) is 7.79. The first-order valence-corrected chi connectivity index (χ1v) is 9.81. The van der Waals surface area contributed by atoms with Gasteiger partial charge in [-0.05, 0) is 49.1 Å². The lowest BCUT2D eigenvalue weighted by molar-refractivity contribution is -0.157. The molecule has 0 spiro atoms. The molecule has 3 heterocycles. The Morgan fingerprint density at radius 1 is 1.20 bits per heavy atom. The van der Waals surface area contributed by atoms with Crippen LogP contribution in [0.1, 0.15) is 57.3 Å². The zero-order chi connectivity index (χ0) is 21.2. The first kappa shape index (κ1) is 18.7. The predicted molar refractivity (Wildman–Crippen MR) is 105 cm³/mol. The van der Waals surface area contributed by atoms with Gasteiger partial charge in [0.2, 0.25) is 0 Å². The first-order chi connectivity index (χ1) is 14.4. The van der Waals surface area contributed by atoms with Crippen LogP contribution in [0.3, 0.4) is 0 Å². The van der Waals surface area contributed by atoms with Gasteiger partial charge in [0.15, 0.2) is 11.9 Å². The molecule has 8 heteroatoms. The molecule has 1 atom stereocenters. The van der Waals surface area contributed by atoms with Crippen LogP contribution in [0.4, 0.5) is 10.1 Å². The number of rotatable bonds is 2. The number of ketones is 1. The van der Waals surface area contributed by atoms with Crippen molar-refractivity contribution in [2.75, 3.05) is 5.32 Å². The van der Waals surface area contributed by atoms with Crippen molar-refractivity contribution in [3.8, 4) is 0 Å². The average Bonchev–Trinajstić information content (AvgIpc) is 3.12. The van der Waals surface area contributed by atoms with Gasteiger partial charge in [-0.1, -0.05) is 0 Å². The normalized spacial score (nSPS) is 19.6. The fourth-order valence-electron chi connectivity index (χ4n) is 4.48. The van der Waals surface area contributed by atoms with Crippen molar-refractivity contribution in [1.82, 2.24) is 4.57 Å². The first-order valence-electron chi connectivity index (χ1n) is 9.81. The van der Waals surface area contributed by atoms with Gasteiger partial charge >= 0.3 is 5.97 Å². The standard InChI is InChI=1S/C22H19FN2O5/c1-10-11-3-2-4-18(26)19(11)16(8-14(10)23)24-15-5-6-25-17(15)7-12-13(21(25)28)9-30-22(29)20(12)27/h5,7-8,20,24,27H,2-4,6,9H2,1H3. The lowest BCUT2D eigenvalue weighted by atomic mass is 9.86. The highest BCUT2D eigenvalue weighted by Crippen LogP contribution is 2.35. The number of hydrogen-bond acceptors (Lipinski definition) is 6. The molecular weight excluding hydrogens is 391 g/mol. The molecule has 1 aromatic heterocycles. The molecule has 154 valence electrons. The van der Waals surface area contributed by atoms with Gasteiger partial charge in [0.25, 0.3) is 5.56 Å². The van der Waals surface area contributed by atoms with E-state index in [1.54, 1.807) is 19.1 Å². The number of aliphatic hydroxyl groups excluding tert-OH is 1. The van der Waals surface area contributed by atoms with Crippen molar-refractivity contribution in [1.29, 1.82) is 0 Å². The van der Waals surface area contributed by atoms with Crippen LogP contribution < -0.4 is 10.9 Å². The predicted octanol–water partition coefficient (Wildman–Crippen LogP) is 2.37. The van der Waals surface area contributed by atoms with E-state index >= 15 is 0 Å². The summed E-state index contributed by atoms with van der Waals surface area (Å²) >= 11 is 0. The molecule has 3 aliphatic rings. The summed E-state index contributed by atoms with van der Waals surface area (Å²) in [4.78, 5) is 37.1. The van der Waals surface area contributed by atoms with Gasteiger partial charge in [-0.25, -0.2) is 9.18 Å². The minimum Gasteiger partial charge on any atom is -0.458 e. The Labute approximate surface area is 170 Å². The summed E-state index contributed by atoms with van der Waals surface area (Å²) in [6, 6.07) is 2.89. The second kappa shape index (κ2) is 6.63. The number of carbonyl (C=O) groups is 2. The van der Waals surface area contributed by atoms with Crippen LogP contribution in [0.5, 0.6) is 0 Å². The Bertz CT molecular complexity index is 1230. The topological polar surface area (TPSA) is 97.6 Å². The summed E-state index contributed by atoms with van der Waals surface area (Å²) in [5.74, 6) is -1.24. The van der Waals surface area contributed by atoms with Gasteiger partial charge in [-0.15, -0.1) is 0 Å². The molecule has 0 bridgehead atoms. The number of ether oxygens (including phenoxy) is 1. The number of aliphatic hydroxyl groups is 1. The van der Waals surface area contributed by atoms with Crippen molar-refractivity contribution in [3.05, 3.63) is 67.9 Å². The monoisotopic (exact) mass is 410 g/mol. The molecule has 1 unspecified atom stereocenters. The molecule has 0 saturated carbocycles. The van der Waals surface area contributed by atoms with E-state index in [-0.39, 0.29) is 35.6 Å². The van der Waals surface area contributed by atoms with Crippen LogP contribution in [0.25, 0.3) is 5.70 Å². The Morgan fingerprint density at radius 2 is 2.00 bits per heavy atom. The number of benzene rings is 1. The minimum atomic E-state index is -1.53. The van der Waals surface area contributed by atoms with Gasteiger partial charge in [0.05, 0.1) is 22.6 Å². The van der Waals surface area contributed by atoms with Gasteiger partial charge in [-0.2, -0.15) is 0 Å². The molecule has 0 amide bonds. The largest absolute Gasteiger partial charge is 0.458 e. The van der Waals surface area contributed by atoms with E-state index in [4.69, 9.17) is 4.74 Å². The molecule has 1 aliphatic carbocycles. The molecule has 0 saturated heterocycles. The van der Waals surface area contributed by atoms with Crippen LogP contribution in [-0.4, -0.2) is 21.4 Å². The number of anilines is 1. The Balaban J connectivity index is 1.60. The van der Waals surface area contributed by atoms with Crippen LogP contribution in [-0.2, 0) is 29.1 Å². The van der Waals surface area contributed by atoms with Crippen LogP contribution >= 0.6 is 0 Å². The number of aromatic nitrogens is 1. The Morgan fingerprint density at radius 3 is 2.80 bits per heavy atom. The molecule has 5 rings (SSSR count). The Hall–Kier alpha value is -3.26. The van der Waals surface area contributed by atoms with E-state index in [0.717, 1.165) is 0 Å². The summed E-state index contributed by atoms with van der Waals surface area (Å²) in [5.41, 5.74) is 3.14. The summed E-state index contributed by atoms with van der Waals surface area (Å²) in [6.45, 7) is 1.77. The number of halogens is 1. The number of esters is 1. The van der Waals surface area contributed by atoms with E-state index in [2.05, 4.69) is 5.32 Å². The third-order valence-electron chi connectivity index (χ3n) is 6.10. The summed E-state index contributed by atoms with van der Waals surface area (Å²) < 4.78 is 20.9. The van der Waals surface area contributed by atoms with Crippen molar-refractivity contribution < 1.29 is 23.8 Å². The van der Waals surface area contributed by atoms with Crippen LogP contribution in [0, 0.1) is 12.7 Å². The SMILES string of the molecule is Cc1c(F)cc(NC2=CCn3c2cc2c(c3=O)COC(=O)C2O)c2c1CCCC2=O. The summed E-state index contributed by atoms with van der Waals surface area (Å²) in [5, 5.41) is 13.3. The molecule has 0 radical (unpaired) electrons. The minimum absolute atomic E-state index is 0.0403. The third kappa shape index (κ3) is 2.64. The molecule has 2 aromatic rings.